The van der Waals surface area contributed by atoms with E-state index in [0.717, 1.165) is 28.7 Å². The third-order valence-electron chi connectivity index (χ3n) is 3.86. The quantitative estimate of drug-likeness (QED) is 0.912. The summed E-state index contributed by atoms with van der Waals surface area (Å²) in [4.78, 5) is 0. The van der Waals surface area contributed by atoms with E-state index in [0.29, 0.717) is 19.3 Å². The monoisotopic (exact) mass is 299 g/mol. The molecule has 3 nitrogen and oxygen atoms in total. The molecule has 2 aromatic rings. The number of nitrogens with one attached hydrogen (secondary N) is 1. The van der Waals surface area contributed by atoms with Gasteiger partial charge in [-0.1, -0.05) is 24.3 Å². The van der Waals surface area contributed by atoms with Crippen LogP contribution in [0.1, 0.15) is 17.2 Å². The van der Waals surface area contributed by atoms with Gasteiger partial charge >= 0.3 is 0 Å². The first kappa shape index (κ1) is 12.9. The first-order valence-corrected chi connectivity index (χ1v) is 8.37. The maximum atomic E-state index is 5.65. The number of benzene rings is 2. The fraction of sp³-hybridized carbons (Fsp3) is 0.294. The highest BCUT2D eigenvalue weighted by Gasteiger charge is 2.20. The summed E-state index contributed by atoms with van der Waals surface area (Å²) in [7, 11) is 0. The van der Waals surface area contributed by atoms with E-state index < -0.39 is 0 Å². The first-order valence-electron chi connectivity index (χ1n) is 7.22. The van der Waals surface area contributed by atoms with Crippen LogP contribution in [0, 0.1) is 0 Å². The lowest BCUT2D eigenvalue weighted by atomic mass is 10.0. The fourth-order valence-corrected chi connectivity index (χ4v) is 3.94. The van der Waals surface area contributed by atoms with Crippen molar-refractivity contribution in [2.45, 2.75) is 11.8 Å². The van der Waals surface area contributed by atoms with E-state index in [9.17, 15) is 0 Å². The first-order chi connectivity index (χ1) is 10.4. The molecule has 4 rings (SSSR count). The highest BCUT2D eigenvalue weighted by atomic mass is 32.2. The molecule has 0 fully saturated rings. The van der Waals surface area contributed by atoms with Gasteiger partial charge in [0.25, 0.3) is 0 Å². The lowest BCUT2D eigenvalue weighted by Crippen LogP contribution is -2.19. The Bertz CT molecular complexity index is 659. The second kappa shape index (κ2) is 5.53. The minimum atomic E-state index is 0.350. The van der Waals surface area contributed by atoms with Crippen molar-refractivity contribution in [1.82, 2.24) is 0 Å². The second-order valence-corrected chi connectivity index (χ2v) is 6.30. The molecule has 0 aliphatic carbocycles. The standard InChI is InChI=1S/C17H17NO2S/c1-2-4-14-12(3-1)10-21-11-15(14)18-13-5-6-16-17(9-13)20-8-7-19-16/h1-6,9,15,18H,7-8,10-11H2. The van der Waals surface area contributed by atoms with Crippen LogP contribution in [0.3, 0.4) is 0 Å². The molecule has 21 heavy (non-hydrogen) atoms. The third-order valence-corrected chi connectivity index (χ3v) is 4.94. The van der Waals surface area contributed by atoms with Crippen LogP contribution in [-0.4, -0.2) is 19.0 Å². The summed E-state index contributed by atoms with van der Waals surface area (Å²) in [5, 5.41) is 3.63. The molecule has 2 aliphatic heterocycles. The zero-order valence-electron chi connectivity index (χ0n) is 11.7. The summed E-state index contributed by atoms with van der Waals surface area (Å²) in [6, 6.07) is 15.1. The van der Waals surface area contributed by atoms with Crippen molar-refractivity contribution in [1.29, 1.82) is 0 Å². The van der Waals surface area contributed by atoms with Crippen molar-refractivity contribution < 1.29 is 9.47 Å². The molecule has 0 radical (unpaired) electrons. The average molecular weight is 299 g/mol. The van der Waals surface area contributed by atoms with Gasteiger partial charge in [-0.05, 0) is 23.3 Å². The van der Waals surface area contributed by atoms with Crippen LogP contribution >= 0.6 is 11.8 Å². The predicted octanol–water partition coefficient (Wildman–Crippen LogP) is 3.86. The van der Waals surface area contributed by atoms with Gasteiger partial charge in [0.2, 0.25) is 0 Å². The normalized spacial score (nSPS) is 19.7. The van der Waals surface area contributed by atoms with Gasteiger partial charge in [-0.25, -0.2) is 0 Å². The molecule has 0 aromatic heterocycles. The van der Waals surface area contributed by atoms with Crippen LogP contribution in [-0.2, 0) is 5.75 Å². The Kier molecular flexibility index (Phi) is 3.39. The largest absolute Gasteiger partial charge is 0.486 e. The zero-order valence-corrected chi connectivity index (χ0v) is 12.5. The number of anilines is 1. The van der Waals surface area contributed by atoms with Crippen LogP contribution in [0.4, 0.5) is 5.69 Å². The van der Waals surface area contributed by atoms with E-state index in [4.69, 9.17) is 9.47 Å². The Labute approximate surface area is 128 Å². The van der Waals surface area contributed by atoms with E-state index in [1.807, 2.05) is 23.9 Å². The Morgan fingerprint density at radius 1 is 1.00 bits per heavy atom. The summed E-state index contributed by atoms with van der Waals surface area (Å²) in [6.07, 6.45) is 0. The zero-order chi connectivity index (χ0) is 14.1. The fourth-order valence-electron chi connectivity index (χ4n) is 2.84. The lowest BCUT2D eigenvalue weighted by molar-refractivity contribution is 0.171. The maximum absolute atomic E-state index is 5.65. The Morgan fingerprint density at radius 3 is 2.81 bits per heavy atom. The van der Waals surface area contributed by atoms with Crippen molar-refractivity contribution in [2.24, 2.45) is 0 Å². The molecular weight excluding hydrogens is 282 g/mol. The number of hydrogen-bond donors (Lipinski definition) is 1. The van der Waals surface area contributed by atoms with Crippen molar-refractivity contribution in [3.8, 4) is 11.5 Å². The third kappa shape index (κ3) is 2.56. The molecule has 0 bridgehead atoms. The van der Waals surface area contributed by atoms with Crippen LogP contribution < -0.4 is 14.8 Å². The van der Waals surface area contributed by atoms with E-state index in [2.05, 4.69) is 35.6 Å². The number of thioether (sulfide) groups is 1. The number of rotatable bonds is 2. The van der Waals surface area contributed by atoms with Crippen molar-refractivity contribution >= 4 is 17.4 Å². The van der Waals surface area contributed by atoms with E-state index >= 15 is 0 Å². The van der Waals surface area contributed by atoms with Gasteiger partial charge < -0.3 is 14.8 Å². The Balaban J connectivity index is 1.59. The van der Waals surface area contributed by atoms with Gasteiger partial charge in [-0.2, -0.15) is 11.8 Å². The van der Waals surface area contributed by atoms with Gasteiger partial charge in [0.1, 0.15) is 13.2 Å². The molecule has 108 valence electrons. The minimum Gasteiger partial charge on any atom is -0.486 e. The second-order valence-electron chi connectivity index (χ2n) is 5.27. The molecular formula is C17H17NO2S. The van der Waals surface area contributed by atoms with Crippen LogP contribution in [0.25, 0.3) is 0 Å². The average Bonchev–Trinajstić information content (AvgIpc) is 2.55. The van der Waals surface area contributed by atoms with E-state index in [-0.39, 0.29) is 0 Å². The van der Waals surface area contributed by atoms with Gasteiger partial charge in [0.15, 0.2) is 11.5 Å². The van der Waals surface area contributed by atoms with Crippen molar-refractivity contribution in [3.63, 3.8) is 0 Å². The van der Waals surface area contributed by atoms with Gasteiger partial charge in [-0.3, -0.25) is 0 Å². The number of hydrogen-bond acceptors (Lipinski definition) is 4. The molecule has 4 heteroatoms. The molecule has 2 heterocycles. The topological polar surface area (TPSA) is 30.5 Å². The molecule has 2 aliphatic rings. The highest BCUT2D eigenvalue weighted by molar-refractivity contribution is 7.98. The summed E-state index contributed by atoms with van der Waals surface area (Å²) in [5.74, 6) is 3.87. The smallest absolute Gasteiger partial charge is 0.163 e. The molecule has 0 amide bonds. The van der Waals surface area contributed by atoms with Crippen molar-refractivity contribution in [2.75, 3.05) is 24.3 Å². The summed E-state index contributed by atoms with van der Waals surface area (Å²) in [6.45, 7) is 1.25. The Morgan fingerprint density at radius 2 is 1.86 bits per heavy atom. The van der Waals surface area contributed by atoms with Gasteiger partial charge in [-0.15, -0.1) is 0 Å². The molecule has 1 N–H and O–H groups in total. The summed E-state index contributed by atoms with van der Waals surface area (Å²) >= 11 is 1.98. The van der Waals surface area contributed by atoms with Gasteiger partial charge in [0, 0.05) is 23.3 Å². The van der Waals surface area contributed by atoms with Crippen LogP contribution in [0.2, 0.25) is 0 Å². The summed E-state index contributed by atoms with van der Waals surface area (Å²) < 4.78 is 11.2. The van der Waals surface area contributed by atoms with Crippen LogP contribution in [0.15, 0.2) is 42.5 Å². The molecule has 0 spiro atoms. The van der Waals surface area contributed by atoms with E-state index in [1.165, 1.54) is 11.1 Å². The van der Waals surface area contributed by atoms with Gasteiger partial charge in [0.05, 0.1) is 6.04 Å². The highest BCUT2D eigenvalue weighted by Crippen LogP contribution is 2.37. The number of fused-ring (bicyclic) bond motifs is 2. The molecule has 0 saturated carbocycles. The van der Waals surface area contributed by atoms with E-state index in [1.54, 1.807) is 0 Å². The van der Waals surface area contributed by atoms with Crippen LogP contribution in [0.5, 0.6) is 11.5 Å². The SMILES string of the molecule is c1ccc2c(c1)CSCC2Nc1ccc2c(c1)OCCO2. The molecule has 1 unspecified atom stereocenters. The van der Waals surface area contributed by atoms with Crippen molar-refractivity contribution in [3.05, 3.63) is 53.6 Å². The minimum absolute atomic E-state index is 0.350. The molecule has 0 saturated heterocycles. The Hall–Kier alpha value is -1.81. The maximum Gasteiger partial charge on any atom is 0.163 e. The number of ether oxygens (including phenoxy) is 2. The predicted molar refractivity (Wildman–Crippen MR) is 86.4 cm³/mol. The molecule has 2 aromatic carbocycles. The molecule has 1 atom stereocenters. The summed E-state index contributed by atoms with van der Waals surface area (Å²) in [5.41, 5.74) is 3.93. The lowest BCUT2D eigenvalue weighted by Gasteiger charge is -2.27.